The molecule has 0 aliphatic heterocycles. The fourth-order valence-electron chi connectivity index (χ4n) is 2.53. The van der Waals surface area contributed by atoms with Gasteiger partial charge in [0.25, 0.3) is 0 Å². The van der Waals surface area contributed by atoms with Crippen LogP contribution in [0.15, 0.2) is 23.1 Å². The highest BCUT2D eigenvalue weighted by molar-refractivity contribution is 5.40. The average molecular weight is 234 g/mol. The molecule has 1 aromatic heterocycles. The first kappa shape index (κ1) is 12.2. The van der Waals surface area contributed by atoms with Crippen molar-refractivity contribution >= 4 is 5.69 Å². The summed E-state index contributed by atoms with van der Waals surface area (Å²) in [5.41, 5.74) is 1.10. The number of hydrogen-bond acceptors (Lipinski definition) is 2. The molecule has 94 valence electrons. The minimum Gasteiger partial charge on any atom is -0.384 e. The van der Waals surface area contributed by atoms with Gasteiger partial charge >= 0.3 is 0 Å². The van der Waals surface area contributed by atoms with E-state index in [-0.39, 0.29) is 5.56 Å². The first-order chi connectivity index (χ1) is 8.25. The Kier molecular flexibility index (Phi) is 4.24. The van der Waals surface area contributed by atoms with Gasteiger partial charge in [-0.3, -0.25) is 4.79 Å². The highest BCUT2D eigenvalue weighted by Crippen LogP contribution is 2.23. The second kappa shape index (κ2) is 5.89. The molecule has 3 heteroatoms. The Morgan fingerprint density at radius 2 is 1.94 bits per heavy atom. The number of anilines is 1. The largest absolute Gasteiger partial charge is 0.384 e. The fraction of sp³-hybridized carbons (Fsp3) is 0.643. The lowest BCUT2D eigenvalue weighted by Crippen LogP contribution is -2.18. The molecular formula is C14H22N2O. The van der Waals surface area contributed by atoms with Gasteiger partial charge < -0.3 is 9.88 Å². The van der Waals surface area contributed by atoms with Gasteiger partial charge in [-0.1, -0.05) is 25.7 Å². The molecule has 1 aliphatic rings. The van der Waals surface area contributed by atoms with Crippen molar-refractivity contribution in [3.8, 4) is 0 Å². The molecule has 0 atom stereocenters. The molecule has 1 N–H and O–H groups in total. The molecular weight excluding hydrogens is 212 g/mol. The second-order valence-electron chi connectivity index (χ2n) is 5.11. The molecule has 17 heavy (non-hydrogen) atoms. The minimum atomic E-state index is 0.0463. The lowest BCUT2D eigenvalue weighted by atomic mass is 10.0. The SMILES string of the molecule is Cn1cc(NCC2CCCCCC2)ccc1=O. The number of nitrogens with zero attached hydrogens (tertiary/aromatic N) is 1. The molecule has 0 unspecified atom stereocenters. The maximum absolute atomic E-state index is 11.3. The van der Waals surface area contributed by atoms with Gasteiger partial charge in [-0.15, -0.1) is 0 Å². The van der Waals surface area contributed by atoms with E-state index in [0.717, 1.165) is 18.2 Å². The summed E-state index contributed by atoms with van der Waals surface area (Å²) in [5, 5.41) is 3.45. The van der Waals surface area contributed by atoms with E-state index >= 15 is 0 Å². The average Bonchev–Trinajstić information content (AvgIpc) is 2.59. The second-order valence-corrected chi connectivity index (χ2v) is 5.11. The number of nitrogens with one attached hydrogen (secondary N) is 1. The van der Waals surface area contributed by atoms with Crippen LogP contribution in [0.25, 0.3) is 0 Å². The zero-order valence-corrected chi connectivity index (χ0v) is 10.6. The molecule has 0 radical (unpaired) electrons. The summed E-state index contributed by atoms with van der Waals surface area (Å²) >= 11 is 0. The van der Waals surface area contributed by atoms with Crippen LogP contribution in [-0.4, -0.2) is 11.1 Å². The maximum atomic E-state index is 11.3. The Morgan fingerprint density at radius 3 is 2.59 bits per heavy atom. The van der Waals surface area contributed by atoms with Gasteiger partial charge in [-0.25, -0.2) is 0 Å². The van der Waals surface area contributed by atoms with Gasteiger partial charge in [-0.2, -0.15) is 0 Å². The van der Waals surface area contributed by atoms with Crippen molar-refractivity contribution < 1.29 is 0 Å². The summed E-state index contributed by atoms with van der Waals surface area (Å²) < 4.78 is 1.62. The van der Waals surface area contributed by atoms with E-state index in [9.17, 15) is 4.79 Å². The first-order valence-corrected chi connectivity index (χ1v) is 6.66. The number of aromatic nitrogens is 1. The van der Waals surface area contributed by atoms with E-state index in [4.69, 9.17) is 0 Å². The van der Waals surface area contributed by atoms with E-state index in [2.05, 4.69) is 5.32 Å². The van der Waals surface area contributed by atoms with Crippen molar-refractivity contribution in [2.45, 2.75) is 38.5 Å². The number of aryl methyl sites for hydroxylation is 1. The highest BCUT2D eigenvalue weighted by atomic mass is 16.1. The quantitative estimate of drug-likeness (QED) is 0.816. The van der Waals surface area contributed by atoms with Crippen molar-refractivity contribution in [3.05, 3.63) is 28.7 Å². The molecule has 0 aromatic carbocycles. The van der Waals surface area contributed by atoms with Crippen molar-refractivity contribution in [3.63, 3.8) is 0 Å². The van der Waals surface area contributed by atoms with Crippen LogP contribution < -0.4 is 10.9 Å². The summed E-state index contributed by atoms with van der Waals surface area (Å²) in [6.07, 6.45) is 10.1. The zero-order valence-electron chi connectivity index (χ0n) is 10.6. The van der Waals surface area contributed by atoms with Crippen LogP contribution in [0.4, 0.5) is 5.69 Å². The first-order valence-electron chi connectivity index (χ1n) is 6.66. The number of rotatable bonds is 3. The van der Waals surface area contributed by atoms with Gasteiger partial charge in [0.05, 0.1) is 5.69 Å². The summed E-state index contributed by atoms with van der Waals surface area (Å²) in [7, 11) is 1.79. The van der Waals surface area contributed by atoms with Gasteiger partial charge in [0.15, 0.2) is 0 Å². The molecule has 0 amide bonds. The summed E-state index contributed by atoms with van der Waals surface area (Å²) in [4.78, 5) is 11.3. The van der Waals surface area contributed by atoms with Gasteiger partial charge in [0.1, 0.15) is 0 Å². The Morgan fingerprint density at radius 1 is 1.24 bits per heavy atom. The van der Waals surface area contributed by atoms with Crippen LogP contribution in [0.1, 0.15) is 38.5 Å². The van der Waals surface area contributed by atoms with Crippen molar-refractivity contribution in [2.24, 2.45) is 13.0 Å². The van der Waals surface area contributed by atoms with Crippen molar-refractivity contribution in [1.29, 1.82) is 0 Å². The molecule has 0 bridgehead atoms. The van der Waals surface area contributed by atoms with Crippen LogP contribution in [0, 0.1) is 5.92 Å². The van der Waals surface area contributed by atoms with Gasteiger partial charge in [0, 0.05) is 25.9 Å². The molecule has 1 heterocycles. The van der Waals surface area contributed by atoms with Crippen LogP contribution >= 0.6 is 0 Å². The predicted octanol–water partition coefficient (Wildman–Crippen LogP) is 2.77. The number of pyridine rings is 1. The predicted molar refractivity (Wildman–Crippen MR) is 71.4 cm³/mol. The fourth-order valence-corrected chi connectivity index (χ4v) is 2.53. The Balaban J connectivity index is 1.88. The van der Waals surface area contributed by atoms with E-state index < -0.39 is 0 Å². The lowest BCUT2D eigenvalue weighted by molar-refractivity contribution is 0.483. The molecule has 0 saturated heterocycles. The lowest BCUT2D eigenvalue weighted by Gasteiger charge is -2.15. The molecule has 1 saturated carbocycles. The van der Waals surface area contributed by atoms with E-state index in [1.165, 1.54) is 38.5 Å². The Bertz CT molecular complexity index is 403. The third kappa shape index (κ3) is 3.62. The van der Waals surface area contributed by atoms with Crippen LogP contribution in [0.5, 0.6) is 0 Å². The summed E-state index contributed by atoms with van der Waals surface area (Å²) in [6.45, 7) is 1.04. The maximum Gasteiger partial charge on any atom is 0.250 e. The number of hydrogen-bond donors (Lipinski definition) is 1. The Hall–Kier alpha value is -1.25. The topological polar surface area (TPSA) is 34.0 Å². The molecule has 1 aliphatic carbocycles. The van der Waals surface area contributed by atoms with E-state index in [0.29, 0.717) is 0 Å². The molecule has 3 nitrogen and oxygen atoms in total. The molecule has 1 fully saturated rings. The Labute approximate surface area is 103 Å². The molecule has 2 rings (SSSR count). The highest BCUT2D eigenvalue weighted by Gasteiger charge is 2.11. The van der Waals surface area contributed by atoms with E-state index in [1.807, 2.05) is 12.3 Å². The van der Waals surface area contributed by atoms with Gasteiger partial charge in [-0.05, 0) is 24.8 Å². The summed E-state index contributed by atoms with van der Waals surface area (Å²) in [6, 6.07) is 3.49. The molecule has 0 spiro atoms. The van der Waals surface area contributed by atoms with E-state index in [1.54, 1.807) is 17.7 Å². The standard InChI is InChI=1S/C14H22N2O/c1-16-11-13(8-9-14(16)17)15-10-12-6-4-2-3-5-7-12/h8-9,11-12,15H,2-7,10H2,1H3. The third-order valence-corrected chi connectivity index (χ3v) is 3.66. The van der Waals surface area contributed by atoms with Crippen LogP contribution in [-0.2, 0) is 7.05 Å². The third-order valence-electron chi connectivity index (χ3n) is 3.66. The smallest absolute Gasteiger partial charge is 0.250 e. The minimum absolute atomic E-state index is 0.0463. The van der Waals surface area contributed by atoms with Crippen molar-refractivity contribution in [1.82, 2.24) is 4.57 Å². The molecule has 1 aromatic rings. The van der Waals surface area contributed by atoms with Crippen LogP contribution in [0.3, 0.4) is 0 Å². The van der Waals surface area contributed by atoms with Crippen molar-refractivity contribution in [2.75, 3.05) is 11.9 Å². The monoisotopic (exact) mass is 234 g/mol. The normalized spacial score (nSPS) is 17.7. The van der Waals surface area contributed by atoms with Crippen LogP contribution in [0.2, 0.25) is 0 Å². The zero-order chi connectivity index (χ0) is 12.1. The van der Waals surface area contributed by atoms with Gasteiger partial charge in [0.2, 0.25) is 5.56 Å². The summed E-state index contributed by atoms with van der Waals surface area (Å²) in [5.74, 6) is 0.801.